The van der Waals surface area contributed by atoms with Crippen LogP contribution >= 0.6 is 27.5 Å². The van der Waals surface area contributed by atoms with E-state index in [1.54, 1.807) is 0 Å². The van der Waals surface area contributed by atoms with Crippen LogP contribution in [0.1, 0.15) is 0 Å². The highest BCUT2D eigenvalue weighted by Gasteiger charge is 2.26. The first kappa shape index (κ1) is 15.7. The van der Waals surface area contributed by atoms with Gasteiger partial charge in [-0.1, -0.05) is 27.5 Å². The highest BCUT2D eigenvalue weighted by Crippen LogP contribution is 2.28. The monoisotopic (exact) mass is 391 g/mol. The fourth-order valence-corrected chi connectivity index (χ4v) is 3.37. The normalized spacial score (nSPS) is 11.1. The van der Waals surface area contributed by atoms with Gasteiger partial charge in [0.2, 0.25) is 0 Å². The molecule has 0 saturated heterocycles. The van der Waals surface area contributed by atoms with Crippen molar-refractivity contribution in [2.75, 3.05) is 4.72 Å². The Balaban J connectivity index is 2.46. The Morgan fingerprint density at radius 3 is 2.57 bits per heavy atom. The first-order valence-corrected chi connectivity index (χ1v) is 8.03. The Labute approximate surface area is 133 Å². The molecule has 1 aromatic carbocycles. The molecule has 0 unspecified atom stereocenters. The van der Waals surface area contributed by atoms with Crippen molar-refractivity contribution in [3.8, 4) is 0 Å². The highest BCUT2D eigenvalue weighted by molar-refractivity contribution is 9.10. The van der Waals surface area contributed by atoms with Crippen molar-refractivity contribution >= 4 is 48.9 Å². The van der Waals surface area contributed by atoms with Crippen molar-refractivity contribution in [3.63, 3.8) is 0 Å². The average molecular weight is 393 g/mol. The van der Waals surface area contributed by atoms with E-state index < -0.39 is 25.5 Å². The molecule has 0 aliphatic carbocycles. The number of halogens is 2. The average Bonchev–Trinajstić information content (AvgIpc) is 2.41. The van der Waals surface area contributed by atoms with Crippen LogP contribution in [0.3, 0.4) is 0 Å². The summed E-state index contributed by atoms with van der Waals surface area (Å²) in [6.45, 7) is 0. The summed E-state index contributed by atoms with van der Waals surface area (Å²) in [7, 11) is -4.13. The standard InChI is InChI=1S/C11H7BrClN3O4S/c12-7-1-3-9(16(17)18)10(5-7)21(19,20)15-8-2-4-11(13)14-6-8/h1-6,15H. The van der Waals surface area contributed by atoms with Gasteiger partial charge in [0.15, 0.2) is 4.90 Å². The fraction of sp³-hybridized carbons (Fsp3) is 0. The Hall–Kier alpha value is -1.71. The second-order valence-corrected chi connectivity index (χ2v) is 6.80. The molecule has 0 saturated carbocycles. The number of nitro benzene ring substituents is 1. The maximum Gasteiger partial charge on any atom is 0.289 e. The van der Waals surface area contributed by atoms with Gasteiger partial charge in [-0.05, 0) is 24.3 Å². The zero-order chi connectivity index (χ0) is 15.6. The van der Waals surface area contributed by atoms with E-state index in [9.17, 15) is 18.5 Å². The second-order valence-electron chi connectivity index (χ2n) is 3.84. The second kappa shape index (κ2) is 5.96. The van der Waals surface area contributed by atoms with Crippen molar-refractivity contribution in [2.45, 2.75) is 4.90 Å². The minimum atomic E-state index is -4.13. The molecule has 7 nitrogen and oxygen atoms in total. The SMILES string of the molecule is O=[N+]([O-])c1ccc(Br)cc1S(=O)(=O)Nc1ccc(Cl)nc1. The molecule has 110 valence electrons. The van der Waals surface area contributed by atoms with Gasteiger partial charge in [-0.15, -0.1) is 0 Å². The van der Waals surface area contributed by atoms with Gasteiger partial charge in [-0.2, -0.15) is 0 Å². The van der Waals surface area contributed by atoms with Crippen molar-refractivity contribution in [1.29, 1.82) is 0 Å². The molecular formula is C11H7BrClN3O4S. The van der Waals surface area contributed by atoms with Gasteiger partial charge >= 0.3 is 0 Å². The van der Waals surface area contributed by atoms with Crippen LogP contribution in [0.5, 0.6) is 0 Å². The lowest BCUT2D eigenvalue weighted by Crippen LogP contribution is -2.15. The van der Waals surface area contributed by atoms with E-state index in [0.29, 0.717) is 4.47 Å². The molecule has 10 heteroatoms. The smallest absolute Gasteiger partial charge is 0.278 e. The number of nitro groups is 1. The van der Waals surface area contributed by atoms with Crippen LogP contribution in [0.15, 0.2) is 45.9 Å². The minimum absolute atomic E-state index is 0.147. The van der Waals surface area contributed by atoms with Crippen molar-refractivity contribution in [2.24, 2.45) is 0 Å². The van der Waals surface area contributed by atoms with E-state index in [2.05, 4.69) is 25.6 Å². The first-order valence-electron chi connectivity index (χ1n) is 5.38. The predicted molar refractivity (Wildman–Crippen MR) is 80.9 cm³/mol. The van der Waals surface area contributed by atoms with Crippen LogP contribution < -0.4 is 4.72 Å². The van der Waals surface area contributed by atoms with Crippen molar-refractivity contribution in [1.82, 2.24) is 4.98 Å². The van der Waals surface area contributed by atoms with E-state index in [4.69, 9.17) is 11.6 Å². The number of nitrogens with zero attached hydrogens (tertiary/aromatic N) is 2. The van der Waals surface area contributed by atoms with Gasteiger partial charge < -0.3 is 0 Å². The maximum absolute atomic E-state index is 12.3. The Bertz CT molecular complexity index is 796. The molecule has 1 N–H and O–H groups in total. The molecule has 21 heavy (non-hydrogen) atoms. The number of nitrogens with one attached hydrogen (secondary N) is 1. The lowest BCUT2D eigenvalue weighted by molar-refractivity contribution is -0.387. The van der Waals surface area contributed by atoms with E-state index in [1.165, 1.54) is 24.4 Å². The third-order valence-corrected chi connectivity index (χ3v) is 4.51. The van der Waals surface area contributed by atoms with Crippen molar-refractivity contribution in [3.05, 3.63) is 56.3 Å². The zero-order valence-corrected chi connectivity index (χ0v) is 13.3. The molecule has 2 rings (SSSR count). The summed E-state index contributed by atoms with van der Waals surface area (Å²) in [4.78, 5) is 13.5. The third-order valence-electron chi connectivity index (χ3n) is 2.39. The first-order chi connectivity index (χ1) is 9.79. The summed E-state index contributed by atoms with van der Waals surface area (Å²) in [5.41, 5.74) is -0.374. The molecule has 0 bridgehead atoms. The van der Waals surface area contributed by atoms with Crippen molar-refractivity contribution < 1.29 is 13.3 Å². The number of sulfonamides is 1. The predicted octanol–water partition coefficient (Wildman–Crippen LogP) is 3.21. The van der Waals surface area contributed by atoms with Gasteiger partial charge in [0.1, 0.15) is 5.15 Å². The molecule has 0 atom stereocenters. The summed E-state index contributed by atoms with van der Waals surface area (Å²) in [5, 5.41) is 11.1. The Kier molecular flexibility index (Phi) is 4.45. The maximum atomic E-state index is 12.3. The molecule has 0 fully saturated rings. The van der Waals surface area contributed by atoms with E-state index in [0.717, 1.165) is 12.1 Å². The van der Waals surface area contributed by atoms with E-state index in [-0.39, 0.29) is 10.8 Å². The lowest BCUT2D eigenvalue weighted by Gasteiger charge is -2.08. The molecule has 1 aromatic heterocycles. The highest BCUT2D eigenvalue weighted by atomic mass is 79.9. The molecule has 1 heterocycles. The lowest BCUT2D eigenvalue weighted by atomic mass is 10.3. The molecule has 0 aliphatic rings. The summed E-state index contributed by atoms with van der Waals surface area (Å²) in [5.74, 6) is 0. The van der Waals surface area contributed by atoms with Crippen LogP contribution in [0.2, 0.25) is 5.15 Å². The number of hydrogen-bond acceptors (Lipinski definition) is 5. The minimum Gasteiger partial charge on any atom is -0.278 e. The van der Waals surface area contributed by atoms with Gasteiger partial charge in [0.25, 0.3) is 15.7 Å². The number of pyridine rings is 1. The number of anilines is 1. The van der Waals surface area contributed by atoms with E-state index >= 15 is 0 Å². The fourth-order valence-electron chi connectivity index (χ4n) is 1.50. The molecule has 0 aliphatic heterocycles. The number of hydrogen-bond donors (Lipinski definition) is 1. The summed E-state index contributed by atoms with van der Waals surface area (Å²) < 4.78 is 27.1. The molecule has 0 spiro atoms. The molecule has 2 aromatic rings. The van der Waals surface area contributed by atoms with Gasteiger partial charge in [-0.3, -0.25) is 14.8 Å². The van der Waals surface area contributed by atoms with Gasteiger partial charge in [-0.25, -0.2) is 13.4 Å². The molecule has 0 radical (unpaired) electrons. The number of benzene rings is 1. The zero-order valence-electron chi connectivity index (χ0n) is 10.2. The van der Waals surface area contributed by atoms with Crippen LogP contribution in [0.25, 0.3) is 0 Å². The quantitative estimate of drug-likeness (QED) is 0.489. The summed E-state index contributed by atoms with van der Waals surface area (Å²) in [6.07, 6.45) is 1.21. The third kappa shape index (κ3) is 3.69. The van der Waals surface area contributed by atoms with E-state index in [1.807, 2.05) is 0 Å². The molecule has 0 amide bonds. The Morgan fingerprint density at radius 2 is 2.00 bits per heavy atom. The number of aromatic nitrogens is 1. The largest absolute Gasteiger partial charge is 0.289 e. The topological polar surface area (TPSA) is 102 Å². The van der Waals surface area contributed by atoms with Crippen LogP contribution in [0, 0.1) is 10.1 Å². The van der Waals surface area contributed by atoms with Gasteiger partial charge in [0, 0.05) is 10.5 Å². The molecular weight excluding hydrogens is 386 g/mol. The Morgan fingerprint density at radius 1 is 1.29 bits per heavy atom. The summed E-state index contributed by atoms with van der Waals surface area (Å²) >= 11 is 8.69. The number of rotatable bonds is 4. The van der Waals surface area contributed by atoms with Crippen LogP contribution in [-0.2, 0) is 10.0 Å². The van der Waals surface area contributed by atoms with Crippen LogP contribution in [0.4, 0.5) is 11.4 Å². The van der Waals surface area contributed by atoms with Gasteiger partial charge in [0.05, 0.1) is 16.8 Å². The summed E-state index contributed by atoms with van der Waals surface area (Å²) in [6, 6.07) is 6.45. The van der Waals surface area contributed by atoms with Crippen LogP contribution in [-0.4, -0.2) is 18.3 Å².